The van der Waals surface area contributed by atoms with Crippen LogP contribution in [0.25, 0.3) is 0 Å². The maximum absolute atomic E-state index is 13.4. The Hall–Kier alpha value is -4.00. The number of amides is 1. The minimum Gasteiger partial charge on any atom is -0.545 e. The van der Waals surface area contributed by atoms with Gasteiger partial charge in [0.2, 0.25) is 6.79 Å². The van der Waals surface area contributed by atoms with Gasteiger partial charge in [-0.1, -0.05) is 36.4 Å². The van der Waals surface area contributed by atoms with Crippen LogP contribution in [0.3, 0.4) is 0 Å². The zero-order valence-electron chi connectivity index (χ0n) is 15.1. The Labute approximate surface area is 166 Å². The van der Waals surface area contributed by atoms with E-state index in [1.807, 2.05) is 18.2 Å². The maximum Gasteiger partial charge on any atom is 0.262 e. The second-order valence-corrected chi connectivity index (χ2v) is 6.71. The fourth-order valence-corrected chi connectivity index (χ4v) is 3.59. The Morgan fingerprint density at radius 2 is 1.76 bits per heavy atom. The number of carbonyl (C=O) groups excluding carboxylic acids is 2. The van der Waals surface area contributed by atoms with Gasteiger partial charge in [-0.05, 0) is 35.4 Å². The molecule has 7 nitrogen and oxygen atoms in total. The Balaban J connectivity index is 1.62. The molecule has 0 bridgehead atoms. The van der Waals surface area contributed by atoms with Crippen molar-refractivity contribution < 1.29 is 24.2 Å². The summed E-state index contributed by atoms with van der Waals surface area (Å²) in [6.45, 7) is 0.141. The van der Waals surface area contributed by atoms with E-state index >= 15 is 0 Å². The first-order valence-corrected chi connectivity index (χ1v) is 9.02. The van der Waals surface area contributed by atoms with Gasteiger partial charge < -0.3 is 24.7 Å². The summed E-state index contributed by atoms with van der Waals surface area (Å²) in [5, 5.41) is 14.5. The van der Waals surface area contributed by atoms with Gasteiger partial charge in [-0.15, -0.1) is 0 Å². The molecule has 2 aliphatic rings. The summed E-state index contributed by atoms with van der Waals surface area (Å²) in [4.78, 5) is 26.1. The Morgan fingerprint density at radius 1 is 1.00 bits per heavy atom. The molecule has 0 aliphatic carbocycles. The van der Waals surface area contributed by atoms with Crippen LogP contribution in [0.1, 0.15) is 32.4 Å². The Bertz CT molecular complexity index is 1130. The third-order valence-corrected chi connectivity index (χ3v) is 5.02. The molecule has 3 aromatic carbocycles. The molecule has 2 heterocycles. The van der Waals surface area contributed by atoms with E-state index in [1.165, 1.54) is 12.1 Å². The molecular weight excluding hydrogens is 372 g/mol. The highest BCUT2D eigenvalue weighted by Crippen LogP contribution is 2.41. The molecule has 0 radical (unpaired) electrons. The number of nitrogens with one attached hydrogen (secondary N) is 1. The van der Waals surface area contributed by atoms with Crippen molar-refractivity contribution in [1.29, 1.82) is 0 Å². The number of hydrogen-bond acceptors (Lipinski definition) is 6. The van der Waals surface area contributed by atoms with Crippen molar-refractivity contribution in [2.24, 2.45) is 0 Å². The van der Waals surface area contributed by atoms with Crippen LogP contribution in [0.5, 0.6) is 11.5 Å². The molecular formula is C22H15N2O5-. The third-order valence-electron chi connectivity index (χ3n) is 5.02. The van der Waals surface area contributed by atoms with E-state index in [-0.39, 0.29) is 18.3 Å². The van der Waals surface area contributed by atoms with Crippen molar-refractivity contribution in [3.8, 4) is 11.5 Å². The molecule has 2 aliphatic heterocycles. The molecule has 0 saturated carbocycles. The molecule has 1 amide bonds. The SMILES string of the molecule is O=C([O-])c1ccc([C@@H]2Nc3ccccc3C(=O)N2c2ccc3c(c2)OCO3)cc1. The standard InChI is InChI=1S/C22H16N2O5/c25-21-16-3-1-2-4-17(16)23-20(13-5-7-14(8-6-13)22(26)27)24(21)15-9-10-18-19(11-15)29-12-28-18/h1-11,20,23H,12H2,(H,26,27)/p-1/t20-/m1/s1. The molecule has 1 atom stereocenters. The number of hydrogen-bond donors (Lipinski definition) is 1. The van der Waals surface area contributed by atoms with Gasteiger partial charge in [-0.2, -0.15) is 0 Å². The van der Waals surface area contributed by atoms with Crippen LogP contribution in [0.4, 0.5) is 11.4 Å². The molecule has 0 unspecified atom stereocenters. The summed E-state index contributed by atoms with van der Waals surface area (Å²) >= 11 is 0. The van der Waals surface area contributed by atoms with Crippen LogP contribution >= 0.6 is 0 Å². The van der Waals surface area contributed by atoms with Crippen LogP contribution in [0.2, 0.25) is 0 Å². The van der Waals surface area contributed by atoms with E-state index < -0.39 is 12.1 Å². The third kappa shape index (κ3) is 2.84. The highest BCUT2D eigenvalue weighted by Gasteiger charge is 2.34. The average Bonchev–Trinajstić information content (AvgIpc) is 3.21. The minimum atomic E-state index is -1.25. The summed E-state index contributed by atoms with van der Waals surface area (Å²) in [7, 11) is 0. The molecule has 3 aromatic rings. The van der Waals surface area contributed by atoms with E-state index in [4.69, 9.17) is 9.47 Å². The summed E-state index contributed by atoms with van der Waals surface area (Å²) in [6, 6.07) is 18.9. The number of nitrogens with zero attached hydrogens (tertiary/aromatic N) is 1. The predicted molar refractivity (Wildman–Crippen MR) is 103 cm³/mol. The van der Waals surface area contributed by atoms with E-state index in [0.717, 1.165) is 5.56 Å². The number of aromatic carboxylic acids is 1. The Morgan fingerprint density at radius 3 is 2.55 bits per heavy atom. The molecule has 7 heteroatoms. The first-order valence-electron chi connectivity index (χ1n) is 9.02. The fourth-order valence-electron chi connectivity index (χ4n) is 3.59. The van der Waals surface area contributed by atoms with Gasteiger partial charge in [-0.3, -0.25) is 9.69 Å². The summed E-state index contributed by atoms with van der Waals surface area (Å²) in [6.07, 6.45) is -0.534. The van der Waals surface area contributed by atoms with Crippen molar-refractivity contribution in [2.75, 3.05) is 17.0 Å². The van der Waals surface area contributed by atoms with Crippen molar-refractivity contribution in [2.45, 2.75) is 6.17 Å². The lowest BCUT2D eigenvalue weighted by molar-refractivity contribution is -0.255. The number of fused-ring (bicyclic) bond motifs is 2. The number of ether oxygens (including phenoxy) is 2. The summed E-state index contributed by atoms with van der Waals surface area (Å²) < 4.78 is 10.8. The van der Waals surface area contributed by atoms with E-state index in [9.17, 15) is 14.7 Å². The van der Waals surface area contributed by atoms with Crippen molar-refractivity contribution >= 4 is 23.3 Å². The smallest absolute Gasteiger partial charge is 0.262 e. The molecule has 0 fully saturated rings. The zero-order valence-corrected chi connectivity index (χ0v) is 15.1. The van der Waals surface area contributed by atoms with Gasteiger partial charge in [-0.25, -0.2) is 0 Å². The summed E-state index contributed by atoms with van der Waals surface area (Å²) in [5.41, 5.74) is 2.70. The van der Waals surface area contributed by atoms with Crippen LogP contribution < -0.4 is 24.8 Å². The lowest BCUT2D eigenvalue weighted by Gasteiger charge is -2.38. The quantitative estimate of drug-likeness (QED) is 0.743. The molecule has 0 saturated heterocycles. The number of benzene rings is 3. The van der Waals surface area contributed by atoms with Gasteiger partial charge >= 0.3 is 0 Å². The second-order valence-electron chi connectivity index (χ2n) is 6.71. The molecule has 29 heavy (non-hydrogen) atoms. The number of carboxylic acid groups (broad SMARTS) is 1. The van der Waals surface area contributed by atoms with Crippen LogP contribution in [-0.4, -0.2) is 18.7 Å². The number of carbonyl (C=O) groups is 2. The highest BCUT2D eigenvalue weighted by molar-refractivity contribution is 6.12. The largest absolute Gasteiger partial charge is 0.545 e. The normalized spacial score (nSPS) is 16.9. The predicted octanol–water partition coefficient (Wildman–Crippen LogP) is 2.55. The molecule has 5 rings (SSSR count). The molecule has 144 valence electrons. The highest BCUT2D eigenvalue weighted by atomic mass is 16.7. The number of carboxylic acids is 1. The first-order chi connectivity index (χ1) is 14.1. The maximum atomic E-state index is 13.4. The number of para-hydroxylation sites is 1. The first kappa shape index (κ1) is 17.1. The van der Waals surface area contributed by atoms with Crippen LogP contribution in [-0.2, 0) is 0 Å². The lowest BCUT2D eigenvalue weighted by Crippen LogP contribution is -2.43. The summed E-state index contributed by atoms with van der Waals surface area (Å²) in [5.74, 6) is -0.226. The number of anilines is 2. The average molecular weight is 387 g/mol. The van der Waals surface area contributed by atoms with Gasteiger partial charge in [0.25, 0.3) is 5.91 Å². The number of rotatable bonds is 3. The van der Waals surface area contributed by atoms with Crippen molar-refractivity contribution in [3.63, 3.8) is 0 Å². The van der Waals surface area contributed by atoms with Gasteiger partial charge in [0.05, 0.1) is 17.2 Å². The van der Waals surface area contributed by atoms with E-state index in [1.54, 1.807) is 41.3 Å². The fraction of sp³-hybridized carbons (Fsp3) is 0.0909. The van der Waals surface area contributed by atoms with E-state index in [2.05, 4.69) is 5.32 Å². The minimum absolute atomic E-state index is 0.0749. The van der Waals surface area contributed by atoms with Crippen LogP contribution in [0.15, 0.2) is 66.7 Å². The molecule has 0 spiro atoms. The zero-order chi connectivity index (χ0) is 20.0. The monoisotopic (exact) mass is 387 g/mol. The molecule has 1 N–H and O–H groups in total. The van der Waals surface area contributed by atoms with Gasteiger partial charge in [0, 0.05) is 11.8 Å². The topological polar surface area (TPSA) is 90.9 Å². The second kappa shape index (κ2) is 6.56. The van der Waals surface area contributed by atoms with E-state index in [0.29, 0.717) is 28.4 Å². The lowest BCUT2D eigenvalue weighted by atomic mass is 10.0. The van der Waals surface area contributed by atoms with Crippen molar-refractivity contribution in [1.82, 2.24) is 0 Å². The molecule has 0 aromatic heterocycles. The van der Waals surface area contributed by atoms with Gasteiger partial charge in [0.1, 0.15) is 6.17 Å². The van der Waals surface area contributed by atoms with Gasteiger partial charge in [0.15, 0.2) is 11.5 Å². The van der Waals surface area contributed by atoms with Crippen LogP contribution in [0, 0.1) is 0 Å². The Kier molecular flexibility index (Phi) is 3.87. The van der Waals surface area contributed by atoms with Crippen molar-refractivity contribution in [3.05, 3.63) is 83.4 Å².